The number of hydrogen-bond donors (Lipinski definition) is 0. The van der Waals surface area contributed by atoms with Gasteiger partial charge in [-0.05, 0) is 5.92 Å². The fourth-order valence-corrected chi connectivity index (χ4v) is 2.60. The van der Waals surface area contributed by atoms with Crippen LogP contribution in [-0.2, 0) is 13.8 Å². The minimum Gasteiger partial charge on any atom is -0.341 e. The van der Waals surface area contributed by atoms with Crippen LogP contribution in [0.5, 0.6) is 0 Å². The number of rotatable bonds is 3. The van der Waals surface area contributed by atoms with Gasteiger partial charge in [-0.25, -0.2) is 8.42 Å². The highest BCUT2D eigenvalue weighted by atomic mass is 35.7. The van der Waals surface area contributed by atoms with Crippen molar-refractivity contribution in [2.24, 2.45) is 5.92 Å². The van der Waals surface area contributed by atoms with E-state index in [-0.39, 0.29) is 18.9 Å². The molecule has 0 aliphatic carbocycles. The summed E-state index contributed by atoms with van der Waals surface area (Å²) in [5, 5.41) is -0.726. The molecule has 1 aliphatic rings. The molecule has 1 rings (SSSR count). The molecule has 0 spiro atoms. The fourth-order valence-electron chi connectivity index (χ4n) is 1.54. The molecule has 0 aromatic carbocycles. The van der Waals surface area contributed by atoms with Crippen LogP contribution in [0.15, 0.2) is 0 Å². The summed E-state index contributed by atoms with van der Waals surface area (Å²) in [4.78, 5) is 12.9. The van der Waals surface area contributed by atoms with E-state index in [1.165, 1.54) is 0 Å². The summed E-state index contributed by atoms with van der Waals surface area (Å²) in [7, 11) is 1.61. The van der Waals surface area contributed by atoms with E-state index in [1.807, 2.05) is 13.8 Å². The molecule has 0 saturated carbocycles. The summed E-state index contributed by atoms with van der Waals surface area (Å²) < 4.78 is 22.0. The van der Waals surface area contributed by atoms with E-state index in [0.717, 1.165) is 0 Å². The second-order valence-electron chi connectivity index (χ2n) is 3.99. The average molecular weight is 240 g/mol. The SMILES string of the molecule is CC(C)CN1CC(S(=O)(=O)Cl)CC1=O. The summed E-state index contributed by atoms with van der Waals surface area (Å²) in [6, 6.07) is 0. The highest BCUT2D eigenvalue weighted by Gasteiger charge is 2.37. The molecule has 1 unspecified atom stereocenters. The van der Waals surface area contributed by atoms with Gasteiger partial charge in [0, 0.05) is 30.2 Å². The van der Waals surface area contributed by atoms with E-state index in [9.17, 15) is 13.2 Å². The molecule has 82 valence electrons. The van der Waals surface area contributed by atoms with Crippen molar-refractivity contribution in [3.05, 3.63) is 0 Å². The average Bonchev–Trinajstić information content (AvgIpc) is 2.30. The monoisotopic (exact) mass is 239 g/mol. The van der Waals surface area contributed by atoms with Crippen molar-refractivity contribution >= 4 is 25.6 Å². The van der Waals surface area contributed by atoms with E-state index in [4.69, 9.17) is 10.7 Å². The summed E-state index contributed by atoms with van der Waals surface area (Å²) >= 11 is 0. The molecule has 14 heavy (non-hydrogen) atoms. The van der Waals surface area contributed by atoms with Crippen LogP contribution in [0, 0.1) is 5.92 Å². The second kappa shape index (κ2) is 4.06. The van der Waals surface area contributed by atoms with E-state index in [2.05, 4.69) is 0 Å². The summed E-state index contributed by atoms with van der Waals surface area (Å²) in [5.41, 5.74) is 0. The normalized spacial score (nSPS) is 23.6. The Morgan fingerprint density at radius 2 is 2.14 bits per heavy atom. The summed E-state index contributed by atoms with van der Waals surface area (Å²) in [6.45, 7) is 4.80. The molecule has 0 bridgehead atoms. The molecule has 0 aromatic rings. The standard InChI is InChI=1S/C8H14ClNO3S/c1-6(2)4-10-5-7(3-8(10)11)14(9,12)13/h6-7H,3-5H2,1-2H3. The van der Waals surface area contributed by atoms with E-state index in [0.29, 0.717) is 12.5 Å². The summed E-state index contributed by atoms with van der Waals surface area (Å²) in [6.07, 6.45) is 0.0263. The number of hydrogen-bond acceptors (Lipinski definition) is 3. The first-order valence-electron chi connectivity index (χ1n) is 4.52. The third kappa shape index (κ3) is 2.85. The third-order valence-electron chi connectivity index (χ3n) is 2.16. The first-order chi connectivity index (χ1) is 6.30. The predicted octanol–water partition coefficient (Wildman–Crippen LogP) is 0.812. The fraction of sp³-hybridized carbons (Fsp3) is 0.875. The molecular weight excluding hydrogens is 226 g/mol. The maximum Gasteiger partial charge on any atom is 0.237 e. The van der Waals surface area contributed by atoms with Gasteiger partial charge in [0.1, 0.15) is 5.25 Å². The zero-order valence-corrected chi connectivity index (χ0v) is 9.81. The van der Waals surface area contributed by atoms with Gasteiger partial charge >= 0.3 is 0 Å². The second-order valence-corrected chi connectivity index (χ2v) is 6.90. The van der Waals surface area contributed by atoms with Gasteiger partial charge in [0.2, 0.25) is 15.0 Å². The minimum atomic E-state index is -3.59. The van der Waals surface area contributed by atoms with Crippen LogP contribution < -0.4 is 0 Å². The van der Waals surface area contributed by atoms with Crippen molar-refractivity contribution in [2.45, 2.75) is 25.5 Å². The van der Waals surface area contributed by atoms with Gasteiger partial charge in [0.25, 0.3) is 0 Å². The maximum absolute atomic E-state index is 11.4. The topological polar surface area (TPSA) is 54.5 Å². The number of amides is 1. The Morgan fingerprint density at radius 3 is 2.50 bits per heavy atom. The van der Waals surface area contributed by atoms with Crippen LogP contribution in [0.25, 0.3) is 0 Å². The molecule has 0 aromatic heterocycles. The van der Waals surface area contributed by atoms with Gasteiger partial charge in [0.15, 0.2) is 0 Å². The molecule has 1 aliphatic heterocycles. The maximum atomic E-state index is 11.4. The number of nitrogens with zero attached hydrogens (tertiary/aromatic N) is 1. The molecule has 1 saturated heterocycles. The van der Waals surface area contributed by atoms with Crippen molar-refractivity contribution in [3.63, 3.8) is 0 Å². The van der Waals surface area contributed by atoms with Crippen LogP contribution >= 0.6 is 10.7 Å². The van der Waals surface area contributed by atoms with Gasteiger partial charge in [-0.15, -0.1) is 0 Å². The van der Waals surface area contributed by atoms with E-state index in [1.54, 1.807) is 4.90 Å². The molecule has 4 nitrogen and oxygen atoms in total. The molecule has 1 heterocycles. The zero-order valence-electron chi connectivity index (χ0n) is 8.23. The number of carbonyl (C=O) groups excluding carboxylic acids is 1. The lowest BCUT2D eigenvalue weighted by Crippen LogP contribution is -2.30. The zero-order chi connectivity index (χ0) is 10.9. The third-order valence-corrected chi connectivity index (χ3v) is 4.03. The summed E-state index contributed by atoms with van der Waals surface area (Å²) in [5.74, 6) is 0.226. The lowest BCUT2D eigenvalue weighted by atomic mass is 10.2. The first kappa shape index (κ1) is 11.8. The Bertz CT molecular complexity index is 325. The van der Waals surface area contributed by atoms with Crippen LogP contribution in [0.4, 0.5) is 0 Å². The van der Waals surface area contributed by atoms with Crippen LogP contribution in [0.1, 0.15) is 20.3 Å². The Kier molecular flexibility index (Phi) is 3.42. The highest BCUT2D eigenvalue weighted by Crippen LogP contribution is 2.21. The van der Waals surface area contributed by atoms with Crippen molar-refractivity contribution < 1.29 is 13.2 Å². The molecule has 0 radical (unpaired) electrons. The van der Waals surface area contributed by atoms with Crippen molar-refractivity contribution in [1.29, 1.82) is 0 Å². The Balaban J connectivity index is 2.65. The van der Waals surface area contributed by atoms with Crippen molar-refractivity contribution in [1.82, 2.24) is 4.90 Å². The lowest BCUT2D eigenvalue weighted by molar-refractivity contribution is -0.128. The molecule has 0 N–H and O–H groups in total. The smallest absolute Gasteiger partial charge is 0.237 e. The van der Waals surface area contributed by atoms with Crippen LogP contribution in [0.3, 0.4) is 0 Å². The van der Waals surface area contributed by atoms with Gasteiger partial charge in [-0.1, -0.05) is 13.8 Å². The van der Waals surface area contributed by atoms with Gasteiger partial charge in [0.05, 0.1) is 0 Å². The molecule has 6 heteroatoms. The van der Waals surface area contributed by atoms with Gasteiger partial charge in [-0.3, -0.25) is 4.79 Å². The van der Waals surface area contributed by atoms with E-state index < -0.39 is 14.3 Å². The lowest BCUT2D eigenvalue weighted by Gasteiger charge is -2.18. The van der Waals surface area contributed by atoms with E-state index >= 15 is 0 Å². The molecule has 1 fully saturated rings. The largest absolute Gasteiger partial charge is 0.341 e. The van der Waals surface area contributed by atoms with Crippen LogP contribution in [-0.4, -0.2) is 37.6 Å². The molecule has 1 amide bonds. The first-order valence-corrected chi connectivity index (χ1v) is 6.89. The van der Waals surface area contributed by atoms with Gasteiger partial charge < -0.3 is 4.90 Å². The Morgan fingerprint density at radius 1 is 1.57 bits per heavy atom. The predicted molar refractivity (Wildman–Crippen MR) is 54.6 cm³/mol. The quantitative estimate of drug-likeness (QED) is 0.685. The van der Waals surface area contributed by atoms with Crippen molar-refractivity contribution in [3.8, 4) is 0 Å². The number of likely N-dealkylation sites (tertiary alicyclic amines) is 1. The van der Waals surface area contributed by atoms with Crippen LogP contribution in [0.2, 0.25) is 0 Å². The highest BCUT2D eigenvalue weighted by molar-refractivity contribution is 8.14. The Hall–Kier alpha value is -0.290. The van der Waals surface area contributed by atoms with Gasteiger partial charge in [-0.2, -0.15) is 0 Å². The van der Waals surface area contributed by atoms with Crippen molar-refractivity contribution in [2.75, 3.05) is 13.1 Å². The molecular formula is C8H14ClNO3S. The Labute approximate surface area is 88.6 Å². The molecule has 1 atom stereocenters. The number of halogens is 1. The minimum absolute atomic E-state index is 0.0263. The number of carbonyl (C=O) groups is 1.